The highest BCUT2D eigenvalue weighted by molar-refractivity contribution is 6.32. The van der Waals surface area contributed by atoms with Crippen LogP contribution in [0.15, 0.2) is 42.5 Å². The minimum Gasteiger partial charge on any atom is -0.482 e. The van der Waals surface area contributed by atoms with E-state index in [4.69, 9.17) is 16.3 Å². The number of nitrogens with one attached hydrogen (secondary N) is 1. The third kappa shape index (κ3) is 5.13. The summed E-state index contributed by atoms with van der Waals surface area (Å²) < 4.78 is 55.8. The lowest BCUT2D eigenvalue weighted by atomic mass is 10.1. The van der Waals surface area contributed by atoms with Crippen LogP contribution in [-0.4, -0.2) is 12.5 Å². The molecule has 1 N–H and O–H groups in total. The maximum Gasteiger partial charge on any atom is 0.416 e. The second-order valence-corrected chi connectivity index (χ2v) is 5.25. The zero-order chi connectivity index (χ0) is 17.7. The van der Waals surface area contributed by atoms with E-state index in [1.807, 2.05) is 0 Å². The van der Waals surface area contributed by atoms with Crippen LogP contribution >= 0.6 is 11.6 Å². The topological polar surface area (TPSA) is 38.3 Å². The molecule has 2 aromatic carbocycles. The van der Waals surface area contributed by atoms with Gasteiger partial charge in [0.25, 0.3) is 5.91 Å². The van der Waals surface area contributed by atoms with Crippen LogP contribution in [0.5, 0.6) is 5.75 Å². The average molecular weight is 362 g/mol. The number of benzene rings is 2. The second-order valence-electron chi connectivity index (χ2n) is 4.84. The Labute approximate surface area is 140 Å². The molecule has 24 heavy (non-hydrogen) atoms. The SMILES string of the molecule is O=C(COc1ccc(F)cc1Cl)NCc1cccc(C(F)(F)F)c1. The van der Waals surface area contributed by atoms with Crippen molar-refractivity contribution in [3.63, 3.8) is 0 Å². The first kappa shape index (κ1) is 18.1. The molecule has 0 saturated heterocycles. The molecule has 0 aliphatic carbocycles. The van der Waals surface area contributed by atoms with Gasteiger partial charge < -0.3 is 10.1 Å². The van der Waals surface area contributed by atoms with E-state index in [-0.39, 0.29) is 17.3 Å². The zero-order valence-electron chi connectivity index (χ0n) is 12.2. The van der Waals surface area contributed by atoms with Crippen molar-refractivity contribution in [2.24, 2.45) is 0 Å². The molecule has 128 valence electrons. The van der Waals surface area contributed by atoms with E-state index < -0.39 is 30.1 Å². The standard InChI is InChI=1S/C16H12ClF4NO2/c17-13-7-12(18)4-5-14(13)24-9-15(23)22-8-10-2-1-3-11(6-10)16(19,20)21/h1-7H,8-9H2,(H,22,23). The van der Waals surface area contributed by atoms with Crippen molar-refractivity contribution in [2.75, 3.05) is 6.61 Å². The van der Waals surface area contributed by atoms with Crippen LogP contribution in [0.3, 0.4) is 0 Å². The molecule has 8 heteroatoms. The number of hydrogen-bond acceptors (Lipinski definition) is 2. The van der Waals surface area contributed by atoms with Crippen LogP contribution in [0.2, 0.25) is 5.02 Å². The molecule has 2 rings (SSSR count). The highest BCUT2D eigenvalue weighted by Gasteiger charge is 2.30. The minimum absolute atomic E-state index is 0.0145. The van der Waals surface area contributed by atoms with Gasteiger partial charge in [-0.25, -0.2) is 4.39 Å². The van der Waals surface area contributed by atoms with E-state index in [0.717, 1.165) is 24.3 Å². The molecule has 0 unspecified atom stereocenters. The Morgan fingerprint density at radius 2 is 1.92 bits per heavy atom. The lowest BCUT2D eigenvalue weighted by Crippen LogP contribution is -2.28. The van der Waals surface area contributed by atoms with Crippen molar-refractivity contribution in [3.8, 4) is 5.75 Å². The van der Waals surface area contributed by atoms with Gasteiger partial charge in [0.05, 0.1) is 10.6 Å². The Kier molecular flexibility index (Phi) is 5.66. The second kappa shape index (κ2) is 7.53. The highest BCUT2D eigenvalue weighted by atomic mass is 35.5. The molecule has 0 fully saturated rings. The lowest BCUT2D eigenvalue weighted by Gasteiger charge is -2.10. The normalized spacial score (nSPS) is 11.2. The van der Waals surface area contributed by atoms with Gasteiger partial charge in [-0.05, 0) is 35.9 Å². The van der Waals surface area contributed by atoms with Gasteiger partial charge in [-0.3, -0.25) is 4.79 Å². The largest absolute Gasteiger partial charge is 0.482 e. The summed E-state index contributed by atoms with van der Waals surface area (Å²) in [4.78, 5) is 11.7. The van der Waals surface area contributed by atoms with Crippen molar-refractivity contribution in [1.29, 1.82) is 0 Å². The predicted molar refractivity (Wildman–Crippen MR) is 80.2 cm³/mol. The Balaban J connectivity index is 1.87. The maximum absolute atomic E-state index is 12.9. The van der Waals surface area contributed by atoms with Crippen LogP contribution < -0.4 is 10.1 Å². The number of ether oxygens (including phenoxy) is 1. The molecule has 1 amide bonds. The van der Waals surface area contributed by atoms with Gasteiger partial charge in [-0.2, -0.15) is 13.2 Å². The minimum atomic E-state index is -4.44. The van der Waals surface area contributed by atoms with Gasteiger partial charge >= 0.3 is 6.18 Å². The van der Waals surface area contributed by atoms with Crippen LogP contribution in [0.4, 0.5) is 17.6 Å². The van der Waals surface area contributed by atoms with E-state index in [1.54, 1.807) is 0 Å². The zero-order valence-corrected chi connectivity index (χ0v) is 12.9. The van der Waals surface area contributed by atoms with Crippen molar-refractivity contribution < 1.29 is 27.1 Å². The monoisotopic (exact) mass is 361 g/mol. The summed E-state index contributed by atoms with van der Waals surface area (Å²) in [7, 11) is 0. The van der Waals surface area contributed by atoms with E-state index in [2.05, 4.69) is 5.32 Å². The van der Waals surface area contributed by atoms with E-state index in [1.165, 1.54) is 18.2 Å². The van der Waals surface area contributed by atoms with Crippen LogP contribution in [0.25, 0.3) is 0 Å². The summed E-state index contributed by atoms with van der Waals surface area (Å²) in [6.07, 6.45) is -4.44. The first-order valence-corrected chi connectivity index (χ1v) is 7.14. The highest BCUT2D eigenvalue weighted by Crippen LogP contribution is 2.29. The molecule has 2 aromatic rings. The van der Waals surface area contributed by atoms with Gasteiger partial charge in [0.2, 0.25) is 0 Å². The molecule has 0 saturated carbocycles. The number of alkyl halides is 3. The third-order valence-corrected chi connectivity index (χ3v) is 3.29. The maximum atomic E-state index is 12.9. The van der Waals surface area contributed by atoms with Gasteiger partial charge in [0.15, 0.2) is 6.61 Å². The van der Waals surface area contributed by atoms with Crippen LogP contribution in [0, 0.1) is 5.82 Å². The summed E-state index contributed by atoms with van der Waals surface area (Å²) in [6.45, 7) is -0.479. The molecule has 0 aromatic heterocycles. The molecule has 3 nitrogen and oxygen atoms in total. The quantitative estimate of drug-likeness (QED) is 0.811. The fraction of sp³-hybridized carbons (Fsp3) is 0.188. The Morgan fingerprint density at radius 3 is 2.58 bits per heavy atom. The molecule has 0 aliphatic heterocycles. The number of carbonyl (C=O) groups excluding carboxylic acids is 1. The van der Waals surface area contributed by atoms with Gasteiger partial charge in [0, 0.05) is 6.54 Å². The number of halogens is 5. The predicted octanol–water partition coefficient (Wildman–Crippen LogP) is 4.19. The fourth-order valence-corrected chi connectivity index (χ4v) is 2.07. The first-order valence-electron chi connectivity index (χ1n) is 6.76. The van der Waals surface area contributed by atoms with Crippen LogP contribution in [0.1, 0.15) is 11.1 Å². The van der Waals surface area contributed by atoms with Gasteiger partial charge in [-0.15, -0.1) is 0 Å². The number of rotatable bonds is 5. The smallest absolute Gasteiger partial charge is 0.416 e. The van der Waals surface area contributed by atoms with Gasteiger partial charge in [-0.1, -0.05) is 23.7 Å². The summed E-state index contributed by atoms with van der Waals surface area (Å²) in [5.41, 5.74) is -0.485. The molecular weight excluding hydrogens is 350 g/mol. The molecule has 0 heterocycles. The molecule has 0 bridgehead atoms. The van der Waals surface area contributed by atoms with E-state index >= 15 is 0 Å². The Morgan fingerprint density at radius 1 is 1.17 bits per heavy atom. The van der Waals surface area contributed by atoms with E-state index in [9.17, 15) is 22.4 Å². The number of hydrogen-bond donors (Lipinski definition) is 1. The Hall–Kier alpha value is -2.28. The van der Waals surface area contributed by atoms with Crippen molar-refractivity contribution in [3.05, 3.63) is 64.4 Å². The average Bonchev–Trinajstić information content (AvgIpc) is 2.51. The summed E-state index contributed by atoms with van der Waals surface area (Å²) in [5.74, 6) is -0.957. The van der Waals surface area contributed by atoms with E-state index in [0.29, 0.717) is 5.56 Å². The van der Waals surface area contributed by atoms with Gasteiger partial charge in [0.1, 0.15) is 11.6 Å². The summed E-state index contributed by atoms with van der Waals surface area (Å²) in [5, 5.41) is 2.44. The molecule has 0 radical (unpaired) electrons. The number of carbonyl (C=O) groups is 1. The van der Waals surface area contributed by atoms with Crippen LogP contribution in [-0.2, 0) is 17.5 Å². The van der Waals surface area contributed by atoms with Crippen molar-refractivity contribution >= 4 is 17.5 Å². The first-order chi connectivity index (χ1) is 11.3. The fourth-order valence-electron chi connectivity index (χ4n) is 1.84. The molecule has 0 aliphatic rings. The number of amides is 1. The molecular formula is C16H12ClF4NO2. The lowest BCUT2D eigenvalue weighted by molar-refractivity contribution is -0.137. The summed E-state index contributed by atoms with van der Waals surface area (Å²) >= 11 is 5.74. The summed E-state index contributed by atoms with van der Waals surface area (Å²) in [6, 6.07) is 8.08. The Bertz CT molecular complexity index is 734. The third-order valence-electron chi connectivity index (χ3n) is 3.00. The molecule has 0 atom stereocenters. The van der Waals surface area contributed by atoms with Crippen molar-refractivity contribution in [2.45, 2.75) is 12.7 Å². The molecule has 0 spiro atoms. The van der Waals surface area contributed by atoms with Crippen molar-refractivity contribution in [1.82, 2.24) is 5.32 Å².